The quantitative estimate of drug-likeness (QED) is 0.738. The zero-order valence-electron chi connectivity index (χ0n) is 14.4. The maximum Gasteiger partial charge on any atom is 0.337 e. The molecule has 0 spiro atoms. The lowest BCUT2D eigenvalue weighted by Gasteiger charge is -2.21. The van der Waals surface area contributed by atoms with Gasteiger partial charge in [-0.05, 0) is 49.2 Å². The van der Waals surface area contributed by atoms with E-state index in [1.54, 1.807) is 24.3 Å². The molecule has 2 heterocycles. The number of nitrogens with zero attached hydrogens (tertiary/aromatic N) is 2. The normalized spacial score (nSPS) is 16.1. The summed E-state index contributed by atoms with van der Waals surface area (Å²) in [5, 5.41) is 2.95. The SMILES string of the molecule is COC(=O)c1ccc(NC(=O)C2CCc3nc4ccccn4c3C2)cc1. The molecule has 1 atom stereocenters. The number of carbonyl (C=O) groups is 2. The maximum atomic E-state index is 12.7. The summed E-state index contributed by atoms with van der Waals surface area (Å²) in [4.78, 5) is 28.8. The van der Waals surface area contributed by atoms with Gasteiger partial charge in [0.1, 0.15) is 5.65 Å². The number of imidazole rings is 1. The number of ether oxygens (including phenoxy) is 1. The number of rotatable bonds is 3. The summed E-state index contributed by atoms with van der Waals surface area (Å²) >= 11 is 0. The van der Waals surface area contributed by atoms with Gasteiger partial charge in [-0.2, -0.15) is 0 Å². The topological polar surface area (TPSA) is 72.7 Å². The third-order valence-corrected chi connectivity index (χ3v) is 4.83. The first-order valence-corrected chi connectivity index (χ1v) is 8.60. The number of pyridine rings is 1. The second-order valence-electron chi connectivity index (χ2n) is 6.43. The molecule has 2 aromatic heterocycles. The number of hydrogen-bond donors (Lipinski definition) is 1. The van der Waals surface area contributed by atoms with Crippen LogP contribution in [0.3, 0.4) is 0 Å². The number of nitrogens with one attached hydrogen (secondary N) is 1. The fourth-order valence-corrected chi connectivity index (χ4v) is 3.43. The van der Waals surface area contributed by atoms with Gasteiger partial charge < -0.3 is 14.5 Å². The second-order valence-corrected chi connectivity index (χ2v) is 6.43. The first-order valence-electron chi connectivity index (χ1n) is 8.60. The minimum absolute atomic E-state index is 0.00708. The van der Waals surface area contributed by atoms with Crippen molar-refractivity contribution in [2.45, 2.75) is 19.3 Å². The van der Waals surface area contributed by atoms with Gasteiger partial charge in [-0.15, -0.1) is 0 Å². The fourth-order valence-electron chi connectivity index (χ4n) is 3.43. The Kier molecular flexibility index (Phi) is 4.16. The monoisotopic (exact) mass is 349 g/mol. The lowest BCUT2D eigenvalue weighted by atomic mass is 9.89. The summed E-state index contributed by atoms with van der Waals surface area (Å²) in [6.07, 6.45) is 4.25. The van der Waals surface area contributed by atoms with Crippen LogP contribution in [0.25, 0.3) is 5.65 Å². The van der Waals surface area contributed by atoms with Crippen LogP contribution in [0.4, 0.5) is 5.69 Å². The van der Waals surface area contributed by atoms with Crippen LogP contribution in [0.2, 0.25) is 0 Å². The van der Waals surface area contributed by atoms with Crippen LogP contribution in [0.15, 0.2) is 48.7 Å². The van der Waals surface area contributed by atoms with Gasteiger partial charge in [0, 0.05) is 29.9 Å². The molecule has 1 amide bonds. The first-order chi connectivity index (χ1) is 12.7. The van der Waals surface area contributed by atoms with Gasteiger partial charge >= 0.3 is 5.97 Å². The number of methoxy groups -OCH3 is 1. The Balaban J connectivity index is 1.48. The number of benzene rings is 1. The van der Waals surface area contributed by atoms with E-state index in [0.717, 1.165) is 29.9 Å². The highest BCUT2D eigenvalue weighted by atomic mass is 16.5. The molecule has 1 aliphatic carbocycles. The van der Waals surface area contributed by atoms with E-state index in [9.17, 15) is 9.59 Å². The van der Waals surface area contributed by atoms with Gasteiger partial charge in [-0.1, -0.05) is 6.07 Å². The highest BCUT2D eigenvalue weighted by Gasteiger charge is 2.28. The van der Waals surface area contributed by atoms with Gasteiger partial charge in [-0.25, -0.2) is 9.78 Å². The van der Waals surface area contributed by atoms with Crippen molar-refractivity contribution in [1.82, 2.24) is 9.38 Å². The van der Waals surface area contributed by atoms with Crippen LogP contribution in [0.5, 0.6) is 0 Å². The van der Waals surface area contributed by atoms with Crippen molar-refractivity contribution in [2.24, 2.45) is 5.92 Å². The van der Waals surface area contributed by atoms with Crippen molar-refractivity contribution < 1.29 is 14.3 Å². The second kappa shape index (κ2) is 6.63. The number of amides is 1. The van der Waals surface area contributed by atoms with Crippen LogP contribution < -0.4 is 5.32 Å². The predicted octanol–water partition coefficient (Wildman–Crippen LogP) is 2.86. The van der Waals surface area contributed by atoms with Gasteiger partial charge in [0.15, 0.2) is 0 Å². The maximum absolute atomic E-state index is 12.7. The van der Waals surface area contributed by atoms with Crippen molar-refractivity contribution in [3.05, 3.63) is 65.6 Å². The smallest absolute Gasteiger partial charge is 0.337 e. The molecule has 0 bridgehead atoms. The number of aryl methyl sites for hydroxylation is 1. The minimum Gasteiger partial charge on any atom is -0.465 e. The molecule has 26 heavy (non-hydrogen) atoms. The van der Waals surface area contributed by atoms with Crippen LogP contribution in [-0.4, -0.2) is 28.4 Å². The van der Waals surface area contributed by atoms with E-state index in [-0.39, 0.29) is 11.8 Å². The molecule has 6 heteroatoms. The van der Waals surface area contributed by atoms with E-state index in [2.05, 4.69) is 19.4 Å². The highest BCUT2D eigenvalue weighted by molar-refractivity contribution is 5.94. The number of esters is 1. The molecular formula is C20H19N3O3. The van der Waals surface area contributed by atoms with E-state index >= 15 is 0 Å². The molecule has 0 saturated carbocycles. The van der Waals surface area contributed by atoms with Crippen LogP contribution >= 0.6 is 0 Å². The van der Waals surface area contributed by atoms with Crippen molar-refractivity contribution >= 4 is 23.2 Å². The van der Waals surface area contributed by atoms with Crippen molar-refractivity contribution in [1.29, 1.82) is 0 Å². The first kappa shape index (κ1) is 16.3. The molecule has 0 fully saturated rings. The predicted molar refractivity (Wildman–Crippen MR) is 97.1 cm³/mol. The molecular weight excluding hydrogens is 330 g/mol. The van der Waals surface area contributed by atoms with E-state index in [4.69, 9.17) is 0 Å². The number of hydrogen-bond acceptors (Lipinski definition) is 4. The Hall–Kier alpha value is -3.15. The molecule has 0 aliphatic heterocycles. The third kappa shape index (κ3) is 2.94. The molecule has 1 N–H and O–H groups in total. The fraction of sp³-hybridized carbons (Fsp3) is 0.250. The molecule has 132 valence electrons. The number of aromatic nitrogens is 2. The molecule has 0 saturated heterocycles. The van der Waals surface area contributed by atoms with E-state index in [1.807, 2.05) is 24.4 Å². The van der Waals surface area contributed by atoms with Crippen LogP contribution in [-0.2, 0) is 22.4 Å². The van der Waals surface area contributed by atoms with Crippen LogP contribution in [0.1, 0.15) is 28.2 Å². The highest BCUT2D eigenvalue weighted by Crippen LogP contribution is 2.27. The molecule has 1 unspecified atom stereocenters. The summed E-state index contributed by atoms with van der Waals surface area (Å²) in [5.74, 6) is -0.495. The van der Waals surface area contributed by atoms with Gasteiger partial charge in [-0.3, -0.25) is 4.79 Å². The Bertz CT molecular complexity index is 976. The summed E-state index contributed by atoms with van der Waals surface area (Å²) in [6, 6.07) is 12.6. The number of anilines is 1. The average Bonchev–Trinajstić information content (AvgIpc) is 3.05. The summed E-state index contributed by atoms with van der Waals surface area (Å²) < 4.78 is 6.75. The average molecular weight is 349 g/mol. The van der Waals surface area contributed by atoms with Crippen molar-refractivity contribution in [3.8, 4) is 0 Å². The van der Waals surface area contributed by atoms with E-state index < -0.39 is 5.97 Å². The largest absolute Gasteiger partial charge is 0.465 e. The van der Waals surface area contributed by atoms with Crippen molar-refractivity contribution in [2.75, 3.05) is 12.4 Å². The third-order valence-electron chi connectivity index (χ3n) is 4.83. The van der Waals surface area contributed by atoms with E-state index in [0.29, 0.717) is 17.7 Å². The Morgan fingerprint density at radius 3 is 2.77 bits per heavy atom. The molecule has 1 aliphatic rings. The summed E-state index contributed by atoms with van der Waals surface area (Å²) in [7, 11) is 1.34. The zero-order chi connectivity index (χ0) is 18.1. The molecule has 6 nitrogen and oxygen atoms in total. The molecule has 4 rings (SSSR count). The number of carbonyl (C=O) groups excluding carboxylic acids is 2. The van der Waals surface area contributed by atoms with Gasteiger partial charge in [0.25, 0.3) is 0 Å². The molecule has 3 aromatic rings. The zero-order valence-corrected chi connectivity index (χ0v) is 14.4. The van der Waals surface area contributed by atoms with E-state index in [1.165, 1.54) is 7.11 Å². The van der Waals surface area contributed by atoms with Gasteiger partial charge in [0.05, 0.1) is 18.4 Å². The lowest BCUT2D eigenvalue weighted by Crippen LogP contribution is -2.28. The minimum atomic E-state index is -0.393. The standard InChI is InChI=1S/C20H19N3O3/c1-26-20(25)13-5-8-15(9-6-13)21-19(24)14-7-10-16-17(12-14)23-11-3-2-4-18(23)22-16/h2-6,8-9,11,14H,7,10,12H2,1H3,(H,21,24). The molecule has 1 aromatic carbocycles. The molecule has 0 radical (unpaired) electrons. The Morgan fingerprint density at radius 2 is 2.00 bits per heavy atom. The Morgan fingerprint density at radius 1 is 1.19 bits per heavy atom. The Labute approximate surface area is 150 Å². The lowest BCUT2D eigenvalue weighted by molar-refractivity contribution is -0.120. The van der Waals surface area contributed by atoms with Crippen LogP contribution in [0, 0.1) is 5.92 Å². The van der Waals surface area contributed by atoms with Crippen molar-refractivity contribution in [3.63, 3.8) is 0 Å². The number of fused-ring (bicyclic) bond motifs is 3. The summed E-state index contributed by atoms with van der Waals surface area (Å²) in [6.45, 7) is 0. The van der Waals surface area contributed by atoms with Gasteiger partial charge in [0.2, 0.25) is 5.91 Å². The summed E-state index contributed by atoms with van der Waals surface area (Å²) in [5.41, 5.74) is 4.26.